The highest BCUT2D eigenvalue weighted by molar-refractivity contribution is 6.11. The van der Waals surface area contributed by atoms with Gasteiger partial charge in [0.2, 0.25) is 0 Å². The SMILES string of the molecule is CC1CC(c2cc3c(c(N4Cc5c(cc(CN6CCC[C@H](C)C6)cc5C(F)(F)F)C4=O)c2)OCC3)(c2nncn2C)C1. The van der Waals surface area contributed by atoms with Crippen molar-refractivity contribution in [3.8, 4) is 5.75 Å². The molecule has 42 heavy (non-hydrogen) atoms. The molecule has 1 saturated carbocycles. The summed E-state index contributed by atoms with van der Waals surface area (Å²) in [5.41, 5.74) is 2.16. The van der Waals surface area contributed by atoms with E-state index in [1.54, 1.807) is 12.4 Å². The van der Waals surface area contributed by atoms with Crippen molar-refractivity contribution in [3.63, 3.8) is 0 Å². The molecular weight excluding hydrogens is 543 g/mol. The van der Waals surface area contributed by atoms with Crippen molar-refractivity contribution in [2.45, 2.75) is 70.6 Å². The van der Waals surface area contributed by atoms with E-state index in [2.05, 4.69) is 35.0 Å². The molecule has 0 radical (unpaired) electrons. The lowest BCUT2D eigenvalue weighted by atomic mass is 9.58. The summed E-state index contributed by atoms with van der Waals surface area (Å²) >= 11 is 0. The third kappa shape index (κ3) is 4.41. The Bertz CT molecular complexity index is 1560. The Kier molecular flexibility index (Phi) is 6.42. The molecule has 7 rings (SSSR count). The quantitative estimate of drug-likeness (QED) is 0.378. The number of alkyl halides is 3. The Hall–Kier alpha value is -3.40. The Morgan fingerprint density at radius 3 is 2.62 bits per heavy atom. The zero-order valence-electron chi connectivity index (χ0n) is 24.3. The van der Waals surface area contributed by atoms with Crippen LogP contribution in [0.4, 0.5) is 18.9 Å². The fraction of sp³-hybridized carbons (Fsp3) is 0.531. The first kappa shape index (κ1) is 27.4. The second-order valence-corrected chi connectivity index (χ2v) is 13.0. The molecule has 4 heterocycles. The molecule has 10 heteroatoms. The van der Waals surface area contributed by atoms with E-state index in [-0.39, 0.29) is 23.1 Å². The number of anilines is 1. The number of ether oxygens (including phenoxy) is 1. The van der Waals surface area contributed by atoms with E-state index in [0.717, 1.165) is 55.7 Å². The summed E-state index contributed by atoms with van der Waals surface area (Å²) in [7, 11) is 1.93. The lowest BCUT2D eigenvalue weighted by molar-refractivity contribution is -0.138. The van der Waals surface area contributed by atoms with Crippen molar-refractivity contribution < 1.29 is 22.7 Å². The Morgan fingerprint density at radius 2 is 1.93 bits per heavy atom. The molecule has 222 valence electrons. The summed E-state index contributed by atoms with van der Waals surface area (Å²) in [6.07, 6.45) is 1.72. The van der Waals surface area contributed by atoms with Gasteiger partial charge in [-0.05, 0) is 84.5 Å². The molecule has 1 amide bonds. The number of hydrogen-bond donors (Lipinski definition) is 0. The first-order valence-corrected chi connectivity index (χ1v) is 15.0. The van der Waals surface area contributed by atoms with Gasteiger partial charge in [0.25, 0.3) is 5.91 Å². The first-order chi connectivity index (χ1) is 20.0. The highest BCUT2D eigenvalue weighted by Crippen LogP contribution is 2.54. The summed E-state index contributed by atoms with van der Waals surface area (Å²) in [5, 5.41) is 8.59. The fourth-order valence-electron chi connectivity index (χ4n) is 7.85. The molecule has 3 aromatic rings. The van der Waals surface area contributed by atoms with E-state index in [1.165, 1.54) is 11.0 Å². The highest BCUT2D eigenvalue weighted by atomic mass is 19.4. The molecule has 0 unspecified atom stereocenters. The van der Waals surface area contributed by atoms with Crippen molar-refractivity contribution in [2.75, 3.05) is 24.6 Å². The van der Waals surface area contributed by atoms with Crippen LogP contribution >= 0.6 is 0 Å². The van der Waals surface area contributed by atoms with E-state index in [1.807, 2.05) is 17.7 Å². The molecule has 0 spiro atoms. The molecule has 2 fully saturated rings. The number of aromatic nitrogens is 3. The lowest BCUT2D eigenvalue weighted by Gasteiger charge is -2.46. The predicted octanol–water partition coefficient (Wildman–Crippen LogP) is 5.88. The molecule has 1 saturated heterocycles. The number of fused-ring (bicyclic) bond motifs is 2. The van der Waals surface area contributed by atoms with Crippen LogP contribution in [0.5, 0.6) is 5.75 Å². The van der Waals surface area contributed by atoms with Gasteiger partial charge in [0.1, 0.15) is 17.9 Å². The molecular formula is C32H36F3N5O2. The largest absolute Gasteiger partial charge is 0.491 e. The number of piperidine rings is 1. The molecule has 0 N–H and O–H groups in total. The van der Waals surface area contributed by atoms with Gasteiger partial charge in [-0.3, -0.25) is 9.69 Å². The lowest BCUT2D eigenvalue weighted by Crippen LogP contribution is -2.43. The van der Waals surface area contributed by atoms with Crippen LogP contribution in [-0.2, 0) is 38.1 Å². The minimum Gasteiger partial charge on any atom is -0.491 e. The predicted molar refractivity (Wildman–Crippen MR) is 151 cm³/mol. The van der Waals surface area contributed by atoms with Gasteiger partial charge in [0.15, 0.2) is 0 Å². The van der Waals surface area contributed by atoms with Gasteiger partial charge in [-0.25, -0.2) is 0 Å². The average Bonchev–Trinajstić information content (AvgIpc) is 3.64. The molecule has 2 aromatic carbocycles. The highest BCUT2D eigenvalue weighted by Gasteiger charge is 2.49. The fourth-order valence-corrected chi connectivity index (χ4v) is 7.85. The molecule has 3 aliphatic heterocycles. The van der Waals surface area contributed by atoms with Crippen molar-refractivity contribution in [3.05, 3.63) is 69.8 Å². The molecule has 1 atom stereocenters. The van der Waals surface area contributed by atoms with Crippen molar-refractivity contribution in [1.82, 2.24) is 19.7 Å². The standard InChI is InChI=1S/C32H36F3N5O2/c1-19-5-4-7-39(15-19)16-21-9-24-25(26(10-21)32(33,34)35)17-40(29(24)41)27-12-23(11-22-6-8-42-28(22)27)31(13-20(2)14-31)30-37-36-18-38(30)3/h9-12,18-20H,4-8,13-17H2,1-3H3/t19-,20?,31?/m0/s1. The number of likely N-dealkylation sites (tertiary alicyclic amines) is 1. The molecule has 0 bridgehead atoms. The number of amides is 1. The average molecular weight is 580 g/mol. The summed E-state index contributed by atoms with van der Waals surface area (Å²) < 4.78 is 51.3. The maximum Gasteiger partial charge on any atom is 0.416 e. The Balaban J connectivity index is 1.30. The van der Waals surface area contributed by atoms with E-state index >= 15 is 0 Å². The van der Waals surface area contributed by atoms with Gasteiger partial charge >= 0.3 is 6.18 Å². The van der Waals surface area contributed by atoms with Crippen LogP contribution < -0.4 is 9.64 Å². The monoisotopic (exact) mass is 579 g/mol. The normalized spacial score (nSPS) is 25.8. The zero-order valence-corrected chi connectivity index (χ0v) is 24.3. The number of hydrogen-bond acceptors (Lipinski definition) is 5. The number of halogens is 3. The van der Waals surface area contributed by atoms with Crippen LogP contribution in [0.1, 0.15) is 83.5 Å². The van der Waals surface area contributed by atoms with Crippen LogP contribution in [0, 0.1) is 11.8 Å². The molecule has 4 aliphatic rings. The summed E-state index contributed by atoms with van der Waals surface area (Å²) in [6.45, 7) is 6.81. The van der Waals surface area contributed by atoms with E-state index in [9.17, 15) is 18.0 Å². The van der Waals surface area contributed by atoms with Gasteiger partial charge in [-0.1, -0.05) is 19.9 Å². The van der Waals surface area contributed by atoms with E-state index in [4.69, 9.17) is 4.74 Å². The van der Waals surface area contributed by atoms with Crippen LogP contribution in [0.3, 0.4) is 0 Å². The minimum atomic E-state index is -4.57. The third-order valence-corrected chi connectivity index (χ3v) is 9.69. The van der Waals surface area contributed by atoms with E-state index in [0.29, 0.717) is 48.4 Å². The minimum absolute atomic E-state index is 0.0423. The Labute approximate surface area is 243 Å². The molecule has 1 aliphatic carbocycles. The number of nitrogens with zero attached hydrogens (tertiary/aromatic N) is 5. The van der Waals surface area contributed by atoms with Crippen LogP contribution in [0.2, 0.25) is 0 Å². The van der Waals surface area contributed by atoms with Crippen molar-refractivity contribution in [2.24, 2.45) is 18.9 Å². The van der Waals surface area contributed by atoms with Gasteiger partial charge in [-0.15, -0.1) is 10.2 Å². The number of carbonyl (C=O) groups is 1. The number of carbonyl (C=O) groups excluding carboxylic acids is 1. The summed E-state index contributed by atoms with van der Waals surface area (Å²) in [4.78, 5) is 17.7. The van der Waals surface area contributed by atoms with Crippen LogP contribution in [0.25, 0.3) is 0 Å². The summed E-state index contributed by atoms with van der Waals surface area (Å²) in [5.74, 6) is 2.04. The second-order valence-electron chi connectivity index (χ2n) is 13.0. The topological polar surface area (TPSA) is 63.5 Å². The molecule has 1 aromatic heterocycles. The maximum absolute atomic E-state index is 14.5. The molecule has 7 nitrogen and oxygen atoms in total. The zero-order chi connectivity index (χ0) is 29.4. The third-order valence-electron chi connectivity index (χ3n) is 9.69. The summed E-state index contributed by atoms with van der Waals surface area (Å²) in [6, 6.07) is 7.04. The first-order valence-electron chi connectivity index (χ1n) is 15.0. The van der Waals surface area contributed by atoms with Crippen molar-refractivity contribution >= 4 is 11.6 Å². The number of aryl methyl sites for hydroxylation is 1. The van der Waals surface area contributed by atoms with Crippen LogP contribution in [-0.4, -0.2) is 45.3 Å². The van der Waals surface area contributed by atoms with E-state index < -0.39 is 17.6 Å². The van der Waals surface area contributed by atoms with Gasteiger partial charge < -0.3 is 14.2 Å². The van der Waals surface area contributed by atoms with Crippen molar-refractivity contribution in [1.29, 1.82) is 0 Å². The smallest absolute Gasteiger partial charge is 0.416 e. The Morgan fingerprint density at radius 1 is 1.12 bits per heavy atom. The number of rotatable bonds is 5. The second kappa shape index (κ2) is 9.82. The van der Waals surface area contributed by atoms with Gasteiger partial charge in [0, 0.05) is 32.1 Å². The maximum atomic E-state index is 14.5. The van der Waals surface area contributed by atoms with Gasteiger partial charge in [0.05, 0.1) is 29.8 Å². The van der Waals surface area contributed by atoms with Crippen LogP contribution in [0.15, 0.2) is 30.6 Å². The van der Waals surface area contributed by atoms with Gasteiger partial charge in [-0.2, -0.15) is 13.2 Å². The number of benzene rings is 2.